The molecule has 2 N–H and O–H groups in total. The molecular formula is C14H18N4O3. The van der Waals surface area contributed by atoms with E-state index in [0.29, 0.717) is 13.1 Å². The number of carboxylic acid groups (broad SMARTS) is 1. The van der Waals surface area contributed by atoms with E-state index >= 15 is 0 Å². The lowest BCUT2D eigenvalue weighted by atomic mass is 10.1. The number of ether oxygens (including phenoxy) is 1. The molecule has 0 aliphatic rings. The van der Waals surface area contributed by atoms with E-state index in [0.717, 1.165) is 11.3 Å². The highest BCUT2D eigenvalue weighted by Gasteiger charge is 2.09. The lowest BCUT2D eigenvalue weighted by molar-refractivity contribution is 0.0690. The molecule has 7 nitrogen and oxygen atoms in total. The highest BCUT2D eigenvalue weighted by Crippen LogP contribution is 2.18. The van der Waals surface area contributed by atoms with Crippen LogP contribution in [0.2, 0.25) is 0 Å². The van der Waals surface area contributed by atoms with Gasteiger partial charge in [0.1, 0.15) is 5.75 Å². The van der Waals surface area contributed by atoms with Crippen LogP contribution in [0.15, 0.2) is 30.5 Å². The second-order valence-electron chi connectivity index (χ2n) is 4.62. The summed E-state index contributed by atoms with van der Waals surface area (Å²) in [5, 5.41) is 19.4. The van der Waals surface area contributed by atoms with Gasteiger partial charge in [-0.1, -0.05) is 17.3 Å². The van der Waals surface area contributed by atoms with Crippen molar-refractivity contribution in [1.29, 1.82) is 0 Å². The lowest BCUT2D eigenvalue weighted by Gasteiger charge is -2.15. The number of aromatic nitrogens is 3. The molecule has 1 aromatic heterocycles. The quantitative estimate of drug-likeness (QED) is 0.799. The topological polar surface area (TPSA) is 89.3 Å². The Morgan fingerprint density at radius 2 is 2.33 bits per heavy atom. The van der Waals surface area contributed by atoms with Crippen LogP contribution < -0.4 is 10.1 Å². The van der Waals surface area contributed by atoms with Crippen molar-refractivity contribution in [1.82, 2.24) is 20.3 Å². The normalized spacial score (nSPS) is 12.1. The van der Waals surface area contributed by atoms with Crippen LogP contribution in [0.3, 0.4) is 0 Å². The van der Waals surface area contributed by atoms with E-state index in [1.165, 1.54) is 10.9 Å². The highest BCUT2D eigenvalue weighted by atomic mass is 16.5. The van der Waals surface area contributed by atoms with Crippen molar-refractivity contribution in [2.45, 2.75) is 19.5 Å². The van der Waals surface area contributed by atoms with Crippen LogP contribution in [0.4, 0.5) is 0 Å². The Morgan fingerprint density at radius 1 is 1.52 bits per heavy atom. The molecule has 1 atom stereocenters. The molecule has 0 aliphatic carbocycles. The molecule has 0 bridgehead atoms. The van der Waals surface area contributed by atoms with Crippen LogP contribution in [0.1, 0.15) is 29.0 Å². The molecule has 0 unspecified atom stereocenters. The number of aromatic carboxylic acids is 1. The highest BCUT2D eigenvalue weighted by molar-refractivity contribution is 5.84. The predicted molar refractivity (Wildman–Crippen MR) is 76.4 cm³/mol. The summed E-state index contributed by atoms with van der Waals surface area (Å²) in [6.07, 6.45) is 1.42. The van der Waals surface area contributed by atoms with E-state index in [2.05, 4.69) is 22.6 Å². The monoisotopic (exact) mass is 290 g/mol. The summed E-state index contributed by atoms with van der Waals surface area (Å²) in [6, 6.07) is 8.01. The van der Waals surface area contributed by atoms with Crippen LogP contribution in [0.5, 0.6) is 5.75 Å². The molecule has 0 amide bonds. The Labute approximate surface area is 122 Å². The Morgan fingerprint density at radius 3 is 3.00 bits per heavy atom. The third kappa shape index (κ3) is 4.03. The van der Waals surface area contributed by atoms with Gasteiger partial charge in [-0.2, -0.15) is 0 Å². The summed E-state index contributed by atoms with van der Waals surface area (Å²) in [5.74, 6) is -0.248. The fourth-order valence-electron chi connectivity index (χ4n) is 1.93. The van der Waals surface area contributed by atoms with Crippen molar-refractivity contribution in [3.8, 4) is 5.75 Å². The second kappa shape index (κ2) is 6.85. The molecule has 0 aliphatic heterocycles. The smallest absolute Gasteiger partial charge is 0.358 e. The average Bonchev–Trinajstić information content (AvgIpc) is 2.96. The molecule has 7 heteroatoms. The first-order chi connectivity index (χ1) is 10.1. The second-order valence-corrected chi connectivity index (χ2v) is 4.62. The summed E-state index contributed by atoms with van der Waals surface area (Å²) >= 11 is 0. The van der Waals surface area contributed by atoms with Crippen molar-refractivity contribution in [3.63, 3.8) is 0 Å². The van der Waals surface area contributed by atoms with E-state index in [4.69, 9.17) is 9.84 Å². The Kier molecular flexibility index (Phi) is 4.89. The van der Waals surface area contributed by atoms with Gasteiger partial charge in [-0.25, -0.2) is 4.79 Å². The summed E-state index contributed by atoms with van der Waals surface area (Å²) in [4.78, 5) is 10.7. The van der Waals surface area contributed by atoms with Crippen molar-refractivity contribution in [2.75, 3.05) is 13.7 Å². The standard InChI is InChI=1S/C14H18N4O3/c1-10(11-4-3-5-12(8-11)21-2)15-6-7-18-9-13(14(19)20)16-17-18/h3-5,8-10,15H,6-7H2,1-2H3,(H,19,20)/t10-/m0/s1. The van der Waals surface area contributed by atoms with Crippen molar-refractivity contribution < 1.29 is 14.6 Å². The Bertz CT molecular complexity index is 612. The van der Waals surface area contributed by atoms with Gasteiger partial charge in [0.2, 0.25) is 0 Å². The summed E-state index contributed by atoms with van der Waals surface area (Å²) in [7, 11) is 1.64. The third-order valence-corrected chi connectivity index (χ3v) is 3.14. The number of carbonyl (C=O) groups is 1. The van der Waals surface area contributed by atoms with Gasteiger partial charge in [-0.3, -0.25) is 4.68 Å². The molecule has 0 fully saturated rings. The number of nitrogens with one attached hydrogen (secondary N) is 1. The molecule has 2 aromatic rings. The number of methoxy groups -OCH3 is 1. The molecule has 112 valence electrons. The van der Waals surface area contributed by atoms with Gasteiger partial charge < -0.3 is 15.2 Å². The summed E-state index contributed by atoms with van der Waals surface area (Å²) in [5.41, 5.74) is 1.08. The number of rotatable bonds is 7. The van der Waals surface area contributed by atoms with E-state index in [1.54, 1.807) is 7.11 Å². The number of hydrogen-bond acceptors (Lipinski definition) is 5. The van der Waals surface area contributed by atoms with Crippen LogP contribution in [0.25, 0.3) is 0 Å². The fourth-order valence-corrected chi connectivity index (χ4v) is 1.93. The van der Waals surface area contributed by atoms with Gasteiger partial charge in [0.05, 0.1) is 19.9 Å². The summed E-state index contributed by atoms with van der Waals surface area (Å²) in [6.45, 7) is 3.26. The number of nitrogens with zero attached hydrogens (tertiary/aromatic N) is 3. The minimum Gasteiger partial charge on any atom is -0.497 e. The SMILES string of the molecule is COc1cccc([C@H](C)NCCn2cc(C(=O)O)nn2)c1. The molecule has 2 rings (SSSR count). The molecule has 0 saturated heterocycles. The fraction of sp³-hybridized carbons (Fsp3) is 0.357. The van der Waals surface area contributed by atoms with Crippen LogP contribution >= 0.6 is 0 Å². The maximum Gasteiger partial charge on any atom is 0.358 e. The Balaban J connectivity index is 1.85. The van der Waals surface area contributed by atoms with E-state index < -0.39 is 5.97 Å². The van der Waals surface area contributed by atoms with Gasteiger partial charge in [0, 0.05) is 12.6 Å². The van der Waals surface area contributed by atoms with Crippen molar-refractivity contribution >= 4 is 5.97 Å². The van der Waals surface area contributed by atoms with Gasteiger partial charge in [-0.15, -0.1) is 5.10 Å². The minimum absolute atomic E-state index is 0.0455. The molecular weight excluding hydrogens is 272 g/mol. The zero-order valence-electron chi connectivity index (χ0n) is 12.0. The van der Waals surface area contributed by atoms with Crippen LogP contribution in [-0.2, 0) is 6.54 Å². The van der Waals surface area contributed by atoms with Gasteiger partial charge in [0.25, 0.3) is 0 Å². The maximum absolute atomic E-state index is 10.7. The zero-order valence-corrected chi connectivity index (χ0v) is 12.0. The van der Waals surface area contributed by atoms with Crippen molar-refractivity contribution in [2.24, 2.45) is 0 Å². The Hall–Kier alpha value is -2.41. The summed E-state index contributed by atoms with van der Waals surface area (Å²) < 4.78 is 6.71. The van der Waals surface area contributed by atoms with E-state index in [-0.39, 0.29) is 11.7 Å². The predicted octanol–water partition coefficient (Wildman–Crippen LogP) is 1.34. The molecule has 0 saturated carbocycles. The van der Waals surface area contributed by atoms with Gasteiger partial charge >= 0.3 is 5.97 Å². The molecule has 21 heavy (non-hydrogen) atoms. The average molecular weight is 290 g/mol. The lowest BCUT2D eigenvalue weighted by Crippen LogP contribution is -2.23. The maximum atomic E-state index is 10.7. The first kappa shape index (κ1) is 15.0. The molecule has 1 aromatic carbocycles. The number of carboxylic acids is 1. The molecule has 0 radical (unpaired) electrons. The molecule has 0 spiro atoms. The van der Waals surface area contributed by atoms with Gasteiger partial charge in [0.15, 0.2) is 5.69 Å². The van der Waals surface area contributed by atoms with Crippen LogP contribution in [-0.4, -0.2) is 39.7 Å². The van der Waals surface area contributed by atoms with E-state index in [9.17, 15) is 4.79 Å². The van der Waals surface area contributed by atoms with Gasteiger partial charge in [-0.05, 0) is 24.6 Å². The first-order valence-corrected chi connectivity index (χ1v) is 6.61. The zero-order chi connectivity index (χ0) is 15.2. The first-order valence-electron chi connectivity index (χ1n) is 6.61. The third-order valence-electron chi connectivity index (χ3n) is 3.14. The van der Waals surface area contributed by atoms with Crippen LogP contribution in [0, 0.1) is 0 Å². The minimum atomic E-state index is -1.07. The number of benzene rings is 1. The largest absolute Gasteiger partial charge is 0.497 e. The van der Waals surface area contributed by atoms with Crippen molar-refractivity contribution in [3.05, 3.63) is 41.7 Å². The molecule has 1 heterocycles. The number of hydrogen-bond donors (Lipinski definition) is 2. The van der Waals surface area contributed by atoms with E-state index in [1.807, 2.05) is 24.3 Å².